The molecule has 2 heterocycles. The van der Waals surface area contributed by atoms with Crippen molar-refractivity contribution in [1.82, 2.24) is 0 Å². The van der Waals surface area contributed by atoms with Crippen LogP contribution in [0.4, 0.5) is 11.8 Å². The van der Waals surface area contributed by atoms with Gasteiger partial charge in [-0.2, -0.15) is 0 Å². The quantitative estimate of drug-likeness (QED) is 0.233. The molecule has 0 aliphatic heterocycles. The van der Waals surface area contributed by atoms with Crippen molar-refractivity contribution >= 4 is 27.0 Å². The number of hydrogen-bond donors (Lipinski definition) is 4. The zero-order valence-corrected chi connectivity index (χ0v) is 23.2. The fourth-order valence-corrected chi connectivity index (χ4v) is 6.79. The molecule has 0 atom stereocenters. The Morgan fingerprint density at radius 3 is 1.62 bits per heavy atom. The third kappa shape index (κ3) is 5.99. The largest absolute Gasteiger partial charge is 0.449 e. The van der Waals surface area contributed by atoms with E-state index in [4.69, 9.17) is 17.9 Å². The van der Waals surface area contributed by atoms with E-state index in [2.05, 4.69) is 10.6 Å². The Morgan fingerprint density at radius 2 is 1.26 bits per heavy atom. The lowest BCUT2D eigenvalue weighted by molar-refractivity contribution is 0.191. The lowest BCUT2D eigenvalue weighted by Gasteiger charge is -2.37. The Balaban J connectivity index is 0.000000362. The first kappa shape index (κ1) is 30.5. The molecular weight excluding hydrogens is 482 g/mol. The van der Waals surface area contributed by atoms with Gasteiger partial charge >= 0.3 is 15.2 Å². The van der Waals surface area contributed by atoms with Crippen LogP contribution in [0, 0.1) is 0 Å². The molecule has 0 bridgehead atoms. The molecule has 4 N–H and O–H groups in total. The summed E-state index contributed by atoms with van der Waals surface area (Å²) >= 11 is 0. The number of hydrogen-bond acceptors (Lipinski definition) is 8. The lowest BCUT2D eigenvalue weighted by Crippen LogP contribution is -2.27. The molecule has 0 unspecified atom stereocenters. The molecule has 34 heavy (non-hydrogen) atoms. The van der Waals surface area contributed by atoms with Gasteiger partial charge < -0.3 is 38.3 Å². The number of rotatable bonds is 12. The first-order valence-electron chi connectivity index (χ1n) is 11.3. The molecule has 2 aromatic heterocycles. The fraction of sp³-hybridized carbons (Fsp3) is 0.636. The minimum absolute atomic E-state index is 0.353. The van der Waals surface area contributed by atoms with Gasteiger partial charge in [0.1, 0.15) is 5.16 Å². The van der Waals surface area contributed by atoms with Gasteiger partial charge in [-0.05, 0) is 52.7 Å². The van der Waals surface area contributed by atoms with Gasteiger partial charge in [-0.1, -0.05) is 13.8 Å². The molecule has 2 aromatic rings. The number of furan rings is 2. The van der Waals surface area contributed by atoms with Crippen LogP contribution in [-0.2, 0) is 28.5 Å². The van der Waals surface area contributed by atoms with E-state index in [1.54, 1.807) is 26.4 Å². The van der Waals surface area contributed by atoms with Crippen LogP contribution in [-0.4, -0.2) is 37.1 Å². The number of anilines is 2. The second-order valence-electron chi connectivity index (χ2n) is 8.00. The van der Waals surface area contributed by atoms with Crippen molar-refractivity contribution in [2.75, 3.05) is 37.9 Å². The van der Waals surface area contributed by atoms with Gasteiger partial charge in [-0.25, -0.2) is 0 Å². The summed E-state index contributed by atoms with van der Waals surface area (Å²) in [5.74, 6) is 1.01. The third-order valence-electron chi connectivity index (χ3n) is 5.97. The smallest absolute Gasteiger partial charge is 0.341 e. The van der Waals surface area contributed by atoms with E-state index in [1.807, 2.05) is 33.8 Å². The van der Waals surface area contributed by atoms with Gasteiger partial charge in [0.25, 0.3) is 0 Å². The summed E-state index contributed by atoms with van der Waals surface area (Å²) in [4.78, 5) is 18.4. The molecule has 0 saturated heterocycles. The fourth-order valence-electron chi connectivity index (χ4n) is 3.80. The predicted molar refractivity (Wildman–Crippen MR) is 135 cm³/mol. The second-order valence-corrected chi connectivity index (χ2v) is 12.6. The standard InChI is InChI=1S/C14H26NO4P.C8H14NO4P/c1-6-14(7-2,12-10-11-17-13(12)15-5)20(16,18-8-3)19-9-4;1-8(2,14(10,11)12)6-4-5-13-7(6)9-3/h10-11,15H,6-9H2,1-5H3;4-5,9H,1-3H3,(H2,10,11,12). The van der Waals surface area contributed by atoms with Crippen molar-refractivity contribution in [2.24, 2.45) is 0 Å². The molecule has 0 radical (unpaired) electrons. The Bertz CT molecular complexity index is 965. The number of nitrogens with one attached hydrogen (secondary N) is 2. The molecule has 0 aromatic carbocycles. The van der Waals surface area contributed by atoms with Gasteiger partial charge in [0.15, 0.2) is 11.8 Å². The van der Waals surface area contributed by atoms with Gasteiger partial charge in [-0.3, -0.25) is 9.13 Å². The Morgan fingerprint density at radius 1 is 0.853 bits per heavy atom. The molecule has 2 rings (SSSR count). The van der Waals surface area contributed by atoms with Gasteiger partial charge in [0.05, 0.1) is 30.9 Å². The van der Waals surface area contributed by atoms with E-state index in [0.717, 1.165) is 5.56 Å². The molecule has 0 aliphatic rings. The van der Waals surface area contributed by atoms with E-state index in [0.29, 0.717) is 43.4 Å². The summed E-state index contributed by atoms with van der Waals surface area (Å²) in [6, 6.07) is 3.41. The average Bonchev–Trinajstić information content (AvgIpc) is 3.45. The van der Waals surface area contributed by atoms with Crippen molar-refractivity contribution in [2.45, 2.75) is 64.7 Å². The molecule has 196 valence electrons. The predicted octanol–water partition coefficient (Wildman–Crippen LogP) is 6.34. The van der Waals surface area contributed by atoms with Crippen molar-refractivity contribution in [3.63, 3.8) is 0 Å². The topological polar surface area (TPSA) is 143 Å². The van der Waals surface area contributed by atoms with Crippen LogP contribution in [0.15, 0.2) is 33.5 Å². The Hall–Kier alpha value is -1.54. The average molecular weight is 523 g/mol. The Labute approximate surface area is 202 Å². The molecule has 0 saturated carbocycles. The van der Waals surface area contributed by atoms with Gasteiger partial charge in [0.2, 0.25) is 0 Å². The first-order chi connectivity index (χ1) is 15.9. The van der Waals surface area contributed by atoms with Crippen LogP contribution in [0.1, 0.15) is 65.5 Å². The van der Waals surface area contributed by atoms with Crippen LogP contribution in [0.3, 0.4) is 0 Å². The molecule has 0 amide bonds. The molecule has 0 aliphatic carbocycles. The maximum Gasteiger partial charge on any atom is 0.341 e. The molecule has 0 spiro atoms. The van der Waals surface area contributed by atoms with E-state index in [9.17, 15) is 18.9 Å². The van der Waals surface area contributed by atoms with Crippen molar-refractivity contribution < 1.29 is 36.8 Å². The third-order valence-corrected chi connectivity index (χ3v) is 10.8. The van der Waals surface area contributed by atoms with E-state index < -0.39 is 25.5 Å². The highest BCUT2D eigenvalue weighted by atomic mass is 31.2. The lowest BCUT2D eigenvalue weighted by atomic mass is 9.94. The molecule has 10 nitrogen and oxygen atoms in total. The minimum atomic E-state index is -4.20. The highest BCUT2D eigenvalue weighted by molar-refractivity contribution is 7.55. The normalized spacial score (nSPS) is 12.8. The summed E-state index contributed by atoms with van der Waals surface area (Å²) in [7, 11) is -4.07. The summed E-state index contributed by atoms with van der Waals surface area (Å²) in [5, 5.41) is 3.82. The van der Waals surface area contributed by atoms with Crippen LogP contribution in [0.5, 0.6) is 0 Å². The minimum Gasteiger partial charge on any atom is -0.449 e. The van der Waals surface area contributed by atoms with Crippen LogP contribution in [0.2, 0.25) is 0 Å². The van der Waals surface area contributed by atoms with Crippen LogP contribution >= 0.6 is 15.2 Å². The summed E-state index contributed by atoms with van der Waals surface area (Å²) in [6.07, 6.45) is 4.30. The van der Waals surface area contributed by atoms with Crippen molar-refractivity contribution in [3.8, 4) is 0 Å². The Kier molecular flexibility index (Phi) is 11.1. The molecular formula is C22H40N2O8P2. The summed E-state index contributed by atoms with van der Waals surface area (Å²) in [5.41, 5.74) is 1.34. The van der Waals surface area contributed by atoms with E-state index >= 15 is 0 Å². The second kappa shape index (κ2) is 12.4. The summed E-state index contributed by atoms with van der Waals surface area (Å²) < 4.78 is 46.3. The molecule has 0 fully saturated rings. The maximum atomic E-state index is 13.4. The maximum absolute atomic E-state index is 13.4. The van der Waals surface area contributed by atoms with Gasteiger partial charge in [-0.15, -0.1) is 0 Å². The van der Waals surface area contributed by atoms with Crippen molar-refractivity contribution in [3.05, 3.63) is 35.8 Å². The van der Waals surface area contributed by atoms with E-state index in [1.165, 1.54) is 20.1 Å². The van der Waals surface area contributed by atoms with Crippen LogP contribution in [0.25, 0.3) is 0 Å². The van der Waals surface area contributed by atoms with E-state index in [-0.39, 0.29) is 0 Å². The highest BCUT2D eigenvalue weighted by Crippen LogP contribution is 2.69. The highest BCUT2D eigenvalue weighted by Gasteiger charge is 2.51. The summed E-state index contributed by atoms with van der Waals surface area (Å²) in [6.45, 7) is 11.3. The van der Waals surface area contributed by atoms with Crippen molar-refractivity contribution in [1.29, 1.82) is 0 Å². The zero-order valence-electron chi connectivity index (χ0n) is 21.4. The monoisotopic (exact) mass is 522 g/mol. The van der Waals surface area contributed by atoms with Gasteiger partial charge in [0, 0.05) is 25.2 Å². The molecule has 12 heteroatoms. The van der Waals surface area contributed by atoms with Crippen LogP contribution < -0.4 is 10.6 Å². The SMILES string of the molecule is CCOP(=O)(OCC)C(CC)(CC)c1ccoc1NC.CNc1occc1C(C)(C)P(=O)(O)O. The zero-order chi connectivity index (χ0) is 26.2. The first-order valence-corrected chi connectivity index (χ1v) is 14.5.